The molecule has 8 heteroatoms. The lowest BCUT2D eigenvalue weighted by Gasteiger charge is -2.26. The van der Waals surface area contributed by atoms with Gasteiger partial charge in [0.05, 0.1) is 11.1 Å². The molecule has 7 nitrogen and oxygen atoms in total. The second-order valence-electron chi connectivity index (χ2n) is 5.48. The highest BCUT2D eigenvalue weighted by Crippen LogP contribution is 2.27. The summed E-state index contributed by atoms with van der Waals surface area (Å²) in [6.07, 6.45) is 4.12. The lowest BCUT2D eigenvalue weighted by atomic mass is 9.82. The highest BCUT2D eigenvalue weighted by molar-refractivity contribution is 7.17. The topological polar surface area (TPSA) is 105 Å². The van der Waals surface area contributed by atoms with Gasteiger partial charge in [-0.3, -0.25) is 9.59 Å². The van der Waals surface area contributed by atoms with Gasteiger partial charge in [0.1, 0.15) is 4.88 Å². The normalized spacial score (nSPS) is 11.3. The lowest BCUT2D eigenvalue weighted by molar-refractivity contribution is -0.149. The standard InChI is InChI=1S/C16H20N4O3S/c1-4-16(5-2,15(22)23)9-19-13(21)11-10(3)20-14(24-11)12-17-7-6-8-18-12/h6-8H,4-5,9H2,1-3H3,(H,19,21)(H,22,23). The maximum atomic E-state index is 12.4. The number of amides is 1. The zero-order valence-electron chi connectivity index (χ0n) is 13.9. The average Bonchev–Trinajstić information content (AvgIpc) is 2.98. The van der Waals surface area contributed by atoms with Crippen LogP contribution in [0.2, 0.25) is 0 Å². The van der Waals surface area contributed by atoms with Crippen LogP contribution in [0.25, 0.3) is 10.8 Å². The molecule has 0 aliphatic rings. The predicted molar refractivity (Wildman–Crippen MR) is 90.9 cm³/mol. The SMILES string of the molecule is CCC(CC)(CNC(=O)c1sc(-c2ncccn2)nc1C)C(=O)O. The van der Waals surface area contributed by atoms with Crippen molar-refractivity contribution in [2.45, 2.75) is 33.6 Å². The Balaban J connectivity index is 2.16. The summed E-state index contributed by atoms with van der Waals surface area (Å²) in [4.78, 5) is 37.0. The summed E-state index contributed by atoms with van der Waals surface area (Å²) in [5, 5.41) is 12.7. The molecule has 2 N–H and O–H groups in total. The first kappa shape index (κ1) is 18.0. The molecule has 24 heavy (non-hydrogen) atoms. The van der Waals surface area contributed by atoms with Gasteiger partial charge in [0.2, 0.25) is 0 Å². The fourth-order valence-electron chi connectivity index (χ4n) is 2.32. The van der Waals surface area contributed by atoms with Gasteiger partial charge < -0.3 is 10.4 Å². The summed E-state index contributed by atoms with van der Waals surface area (Å²) < 4.78 is 0. The van der Waals surface area contributed by atoms with Crippen molar-refractivity contribution in [3.8, 4) is 10.8 Å². The molecule has 0 fully saturated rings. The predicted octanol–water partition coefficient (Wildman–Crippen LogP) is 2.53. The first-order chi connectivity index (χ1) is 11.4. The van der Waals surface area contributed by atoms with Gasteiger partial charge in [-0.05, 0) is 25.8 Å². The number of nitrogens with zero attached hydrogens (tertiary/aromatic N) is 3. The van der Waals surface area contributed by atoms with Crippen molar-refractivity contribution in [2.24, 2.45) is 5.41 Å². The monoisotopic (exact) mass is 348 g/mol. The van der Waals surface area contributed by atoms with Crippen LogP contribution in [-0.4, -0.2) is 38.5 Å². The quantitative estimate of drug-likeness (QED) is 0.796. The van der Waals surface area contributed by atoms with E-state index in [1.54, 1.807) is 25.4 Å². The highest BCUT2D eigenvalue weighted by atomic mass is 32.1. The first-order valence-electron chi connectivity index (χ1n) is 7.70. The van der Waals surface area contributed by atoms with Gasteiger partial charge in [-0.1, -0.05) is 13.8 Å². The Morgan fingerprint density at radius 2 is 1.88 bits per heavy atom. The van der Waals surface area contributed by atoms with Crippen molar-refractivity contribution in [1.29, 1.82) is 0 Å². The summed E-state index contributed by atoms with van der Waals surface area (Å²) in [5.74, 6) is -0.751. The number of carboxylic acids is 1. The Morgan fingerprint density at radius 1 is 1.25 bits per heavy atom. The Labute approximate surface area is 144 Å². The number of nitrogens with one attached hydrogen (secondary N) is 1. The second kappa shape index (κ2) is 7.48. The fraction of sp³-hybridized carbons (Fsp3) is 0.438. The zero-order valence-corrected chi connectivity index (χ0v) is 14.7. The minimum absolute atomic E-state index is 0.0860. The molecule has 0 saturated carbocycles. The third kappa shape index (κ3) is 3.59. The van der Waals surface area contributed by atoms with Crippen LogP contribution >= 0.6 is 11.3 Å². The Kier molecular flexibility index (Phi) is 5.61. The lowest BCUT2D eigenvalue weighted by Crippen LogP contribution is -2.42. The number of hydrogen-bond donors (Lipinski definition) is 2. The van der Waals surface area contributed by atoms with Crippen molar-refractivity contribution < 1.29 is 14.7 Å². The molecule has 0 saturated heterocycles. The number of thiazole rings is 1. The van der Waals surface area contributed by atoms with E-state index in [9.17, 15) is 14.7 Å². The maximum Gasteiger partial charge on any atom is 0.311 e. The number of aromatic nitrogens is 3. The minimum Gasteiger partial charge on any atom is -0.481 e. The number of carboxylic acid groups (broad SMARTS) is 1. The van der Waals surface area contributed by atoms with Crippen LogP contribution in [-0.2, 0) is 4.79 Å². The largest absolute Gasteiger partial charge is 0.481 e. The van der Waals surface area contributed by atoms with E-state index in [4.69, 9.17) is 0 Å². The second-order valence-corrected chi connectivity index (χ2v) is 6.48. The summed E-state index contributed by atoms with van der Waals surface area (Å²) in [7, 11) is 0. The van der Waals surface area contributed by atoms with Gasteiger partial charge in [-0.2, -0.15) is 0 Å². The van der Waals surface area contributed by atoms with Crippen LogP contribution < -0.4 is 5.32 Å². The molecule has 0 spiro atoms. The number of carbonyl (C=O) groups is 2. The molecule has 0 aromatic carbocycles. The Morgan fingerprint density at radius 3 is 2.42 bits per heavy atom. The summed E-state index contributed by atoms with van der Waals surface area (Å²) >= 11 is 1.20. The van der Waals surface area contributed by atoms with Crippen LogP contribution in [0.5, 0.6) is 0 Å². The summed E-state index contributed by atoms with van der Waals surface area (Å²) in [5.41, 5.74) is -0.367. The van der Waals surface area contributed by atoms with Crippen LogP contribution in [0.1, 0.15) is 42.1 Å². The van der Waals surface area contributed by atoms with Crippen LogP contribution in [0.4, 0.5) is 0 Å². The third-order valence-corrected chi connectivity index (χ3v) is 5.31. The van der Waals surface area contributed by atoms with E-state index in [1.165, 1.54) is 11.3 Å². The number of hydrogen-bond acceptors (Lipinski definition) is 6. The molecular formula is C16H20N4O3S. The Bertz CT molecular complexity index is 726. The van der Waals surface area contributed by atoms with Gasteiger partial charge >= 0.3 is 5.97 Å². The van der Waals surface area contributed by atoms with Gasteiger partial charge in [0.15, 0.2) is 10.8 Å². The molecule has 2 aromatic rings. The van der Waals surface area contributed by atoms with Crippen molar-refractivity contribution in [3.63, 3.8) is 0 Å². The van der Waals surface area contributed by atoms with E-state index in [-0.39, 0.29) is 12.5 Å². The molecule has 0 bridgehead atoms. The van der Waals surface area contributed by atoms with Crippen LogP contribution in [0.15, 0.2) is 18.5 Å². The molecule has 2 rings (SSSR count). The average molecular weight is 348 g/mol. The zero-order chi connectivity index (χ0) is 17.7. The molecule has 128 valence electrons. The van der Waals surface area contributed by atoms with Crippen molar-refractivity contribution >= 4 is 23.2 Å². The molecule has 0 aliphatic heterocycles. The van der Waals surface area contributed by atoms with Gasteiger partial charge in [0.25, 0.3) is 5.91 Å². The Hall–Kier alpha value is -2.35. The van der Waals surface area contributed by atoms with Crippen molar-refractivity contribution in [2.75, 3.05) is 6.54 Å². The van der Waals surface area contributed by atoms with Crippen molar-refractivity contribution in [1.82, 2.24) is 20.3 Å². The molecule has 2 heterocycles. The van der Waals surface area contributed by atoms with Crippen LogP contribution in [0.3, 0.4) is 0 Å². The number of aliphatic carboxylic acids is 1. The number of carbonyl (C=O) groups excluding carboxylic acids is 1. The van der Waals surface area contributed by atoms with E-state index in [0.29, 0.717) is 34.2 Å². The van der Waals surface area contributed by atoms with Gasteiger partial charge in [0, 0.05) is 18.9 Å². The molecule has 0 radical (unpaired) electrons. The fourth-order valence-corrected chi connectivity index (χ4v) is 3.25. The molecular weight excluding hydrogens is 328 g/mol. The van der Waals surface area contributed by atoms with E-state index in [0.717, 1.165) is 0 Å². The highest BCUT2D eigenvalue weighted by Gasteiger charge is 2.35. The van der Waals surface area contributed by atoms with Gasteiger partial charge in [-0.25, -0.2) is 15.0 Å². The van der Waals surface area contributed by atoms with E-state index >= 15 is 0 Å². The maximum absolute atomic E-state index is 12.4. The molecule has 0 unspecified atom stereocenters. The smallest absolute Gasteiger partial charge is 0.311 e. The van der Waals surface area contributed by atoms with E-state index < -0.39 is 11.4 Å². The molecule has 0 aliphatic carbocycles. The third-order valence-electron chi connectivity index (χ3n) is 4.15. The van der Waals surface area contributed by atoms with Crippen molar-refractivity contribution in [3.05, 3.63) is 29.0 Å². The first-order valence-corrected chi connectivity index (χ1v) is 8.51. The number of rotatable bonds is 7. The van der Waals surface area contributed by atoms with E-state index in [2.05, 4.69) is 20.3 Å². The summed E-state index contributed by atoms with van der Waals surface area (Å²) in [6, 6.07) is 1.71. The van der Waals surface area contributed by atoms with Crippen LogP contribution in [0, 0.1) is 12.3 Å². The molecule has 0 atom stereocenters. The number of aryl methyl sites for hydroxylation is 1. The molecule has 1 amide bonds. The molecule has 2 aromatic heterocycles. The van der Waals surface area contributed by atoms with E-state index in [1.807, 2.05) is 13.8 Å². The van der Waals surface area contributed by atoms with Gasteiger partial charge in [-0.15, -0.1) is 11.3 Å². The summed E-state index contributed by atoms with van der Waals surface area (Å²) in [6.45, 7) is 5.45. The minimum atomic E-state index is -0.945.